The SMILES string of the molecule is Fc1ccc(CCCC2CC(C(F)(F)F)=NN2c2ccccc2)c(F)c1. The Balaban J connectivity index is 1.69. The number of hydrogen-bond acceptors (Lipinski definition) is 2. The standard InChI is InChI=1S/C19H17F5N2/c20-14-10-9-13(17(21)11-14)5-4-8-16-12-18(19(22,23)24)25-26(16)15-6-2-1-3-7-15/h1-3,6-7,9-11,16H,4-5,8,12H2. The average Bonchev–Trinajstić information content (AvgIpc) is 3.02. The third kappa shape index (κ3) is 4.20. The van der Waals surface area contributed by atoms with E-state index in [2.05, 4.69) is 5.10 Å². The van der Waals surface area contributed by atoms with E-state index >= 15 is 0 Å². The maximum Gasteiger partial charge on any atom is 0.431 e. The molecule has 1 aliphatic heterocycles. The zero-order valence-electron chi connectivity index (χ0n) is 13.8. The summed E-state index contributed by atoms with van der Waals surface area (Å²) in [4.78, 5) is 0. The van der Waals surface area contributed by atoms with Crippen LogP contribution in [0, 0.1) is 11.6 Å². The van der Waals surface area contributed by atoms with Crippen molar-refractivity contribution in [3.63, 3.8) is 0 Å². The number of rotatable bonds is 5. The maximum absolute atomic E-state index is 13.7. The van der Waals surface area contributed by atoms with Crippen molar-refractivity contribution in [3.05, 3.63) is 65.7 Å². The Hall–Kier alpha value is -2.44. The Bertz CT molecular complexity index is 786. The summed E-state index contributed by atoms with van der Waals surface area (Å²) in [6.07, 6.45) is -3.46. The van der Waals surface area contributed by atoms with Crippen molar-refractivity contribution < 1.29 is 22.0 Å². The van der Waals surface area contributed by atoms with Crippen LogP contribution in [0.3, 0.4) is 0 Å². The summed E-state index contributed by atoms with van der Waals surface area (Å²) in [6.45, 7) is 0. The summed E-state index contributed by atoms with van der Waals surface area (Å²) < 4.78 is 65.8. The summed E-state index contributed by atoms with van der Waals surface area (Å²) in [5.41, 5.74) is 0.136. The van der Waals surface area contributed by atoms with Crippen LogP contribution in [0.4, 0.5) is 27.6 Å². The Morgan fingerprint density at radius 2 is 1.77 bits per heavy atom. The molecule has 26 heavy (non-hydrogen) atoms. The lowest BCUT2D eigenvalue weighted by Crippen LogP contribution is -2.27. The molecule has 7 heteroatoms. The highest BCUT2D eigenvalue weighted by atomic mass is 19.4. The van der Waals surface area contributed by atoms with Crippen molar-refractivity contribution >= 4 is 11.4 Å². The minimum Gasteiger partial charge on any atom is -0.262 e. The second-order valence-electron chi connectivity index (χ2n) is 6.21. The van der Waals surface area contributed by atoms with Crippen LogP contribution in [0.25, 0.3) is 0 Å². The fourth-order valence-corrected chi connectivity index (χ4v) is 3.06. The number of anilines is 1. The van der Waals surface area contributed by atoms with Crippen LogP contribution < -0.4 is 5.01 Å². The van der Waals surface area contributed by atoms with E-state index in [4.69, 9.17) is 0 Å². The fourth-order valence-electron chi connectivity index (χ4n) is 3.06. The fraction of sp³-hybridized carbons (Fsp3) is 0.316. The number of nitrogens with zero attached hydrogens (tertiary/aromatic N) is 2. The van der Waals surface area contributed by atoms with Gasteiger partial charge in [-0.05, 0) is 43.0 Å². The predicted octanol–water partition coefficient (Wildman–Crippen LogP) is 5.48. The minimum atomic E-state index is -4.47. The van der Waals surface area contributed by atoms with Gasteiger partial charge in [-0.15, -0.1) is 0 Å². The number of alkyl halides is 3. The van der Waals surface area contributed by atoms with E-state index in [1.165, 1.54) is 17.1 Å². The molecular weight excluding hydrogens is 351 g/mol. The zero-order valence-corrected chi connectivity index (χ0v) is 13.8. The normalized spacial score (nSPS) is 17.5. The van der Waals surface area contributed by atoms with Crippen LogP contribution in [0.2, 0.25) is 0 Å². The van der Waals surface area contributed by atoms with Crippen LogP contribution in [0.1, 0.15) is 24.8 Å². The van der Waals surface area contributed by atoms with Gasteiger partial charge in [0.15, 0.2) is 0 Å². The molecular formula is C19H17F5N2. The van der Waals surface area contributed by atoms with Crippen molar-refractivity contribution in [2.24, 2.45) is 5.10 Å². The lowest BCUT2D eigenvalue weighted by molar-refractivity contribution is -0.0600. The molecule has 1 heterocycles. The van der Waals surface area contributed by atoms with Gasteiger partial charge in [0.25, 0.3) is 0 Å². The Morgan fingerprint density at radius 3 is 2.42 bits per heavy atom. The van der Waals surface area contributed by atoms with Crippen LogP contribution in [-0.2, 0) is 6.42 Å². The Morgan fingerprint density at radius 1 is 1.04 bits per heavy atom. The molecule has 0 spiro atoms. The largest absolute Gasteiger partial charge is 0.431 e. The molecule has 0 amide bonds. The van der Waals surface area contributed by atoms with Gasteiger partial charge in [-0.3, -0.25) is 5.01 Å². The molecule has 0 fully saturated rings. The first-order valence-corrected chi connectivity index (χ1v) is 8.27. The van der Waals surface area contributed by atoms with Crippen molar-refractivity contribution in [2.75, 3.05) is 5.01 Å². The van der Waals surface area contributed by atoms with Crippen molar-refractivity contribution in [1.29, 1.82) is 0 Å². The highest BCUT2D eigenvalue weighted by Gasteiger charge is 2.42. The molecule has 0 aliphatic carbocycles. The maximum atomic E-state index is 13.7. The molecule has 0 aromatic heterocycles. The van der Waals surface area contributed by atoms with Gasteiger partial charge in [-0.2, -0.15) is 18.3 Å². The first-order valence-electron chi connectivity index (χ1n) is 8.27. The number of halogens is 5. The van der Waals surface area contributed by atoms with Gasteiger partial charge in [0, 0.05) is 12.5 Å². The van der Waals surface area contributed by atoms with Crippen LogP contribution in [-0.4, -0.2) is 17.9 Å². The third-order valence-corrected chi connectivity index (χ3v) is 4.35. The summed E-state index contributed by atoms with van der Waals surface area (Å²) in [6, 6.07) is 11.6. The molecule has 3 rings (SSSR count). The van der Waals surface area contributed by atoms with E-state index in [-0.39, 0.29) is 6.42 Å². The zero-order chi connectivity index (χ0) is 18.7. The molecule has 1 atom stereocenters. The molecule has 2 nitrogen and oxygen atoms in total. The van der Waals surface area contributed by atoms with Crippen LogP contribution in [0.5, 0.6) is 0 Å². The third-order valence-electron chi connectivity index (χ3n) is 4.35. The molecule has 1 aliphatic rings. The summed E-state index contributed by atoms with van der Waals surface area (Å²) >= 11 is 0. The Kier molecular flexibility index (Phi) is 5.25. The van der Waals surface area contributed by atoms with Gasteiger partial charge in [0.05, 0.1) is 11.7 Å². The predicted molar refractivity (Wildman–Crippen MR) is 90.1 cm³/mol. The second kappa shape index (κ2) is 7.43. The lowest BCUT2D eigenvalue weighted by Gasteiger charge is -2.23. The van der Waals surface area contributed by atoms with E-state index in [0.717, 1.165) is 6.07 Å². The smallest absolute Gasteiger partial charge is 0.262 e. The molecule has 0 radical (unpaired) electrons. The Labute approximate surface area is 147 Å². The van der Waals surface area contributed by atoms with Gasteiger partial charge in [-0.1, -0.05) is 24.3 Å². The molecule has 0 bridgehead atoms. The van der Waals surface area contributed by atoms with E-state index in [9.17, 15) is 22.0 Å². The van der Waals surface area contributed by atoms with Gasteiger partial charge in [0.1, 0.15) is 17.3 Å². The van der Waals surface area contributed by atoms with Crippen LogP contribution in [0.15, 0.2) is 53.6 Å². The highest BCUT2D eigenvalue weighted by Crippen LogP contribution is 2.33. The number of benzene rings is 2. The van der Waals surface area contributed by atoms with Gasteiger partial charge < -0.3 is 0 Å². The molecule has 0 N–H and O–H groups in total. The lowest BCUT2D eigenvalue weighted by atomic mass is 10.0. The van der Waals surface area contributed by atoms with Gasteiger partial charge in [0.2, 0.25) is 0 Å². The number of aryl methyl sites for hydroxylation is 1. The van der Waals surface area contributed by atoms with E-state index in [1.54, 1.807) is 30.3 Å². The number of hydrogen-bond donors (Lipinski definition) is 0. The molecule has 1 unspecified atom stereocenters. The summed E-state index contributed by atoms with van der Waals surface area (Å²) in [7, 11) is 0. The van der Waals surface area contributed by atoms with Crippen molar-refractivity contribution in [1.82, 2.24) is 0 Å². The second-order valence-corrected chi connectivity index (χ2v) is 6.21. The average molecular weight is 368 g/mol. The quantitative estimate of drug-likeness (QED) is 0.638. The van der Waals surface area contributed by atoms with E-state index in [1.807, 2.05) is 0 Å². The molecule has 138 valence electrons. The topological polar surface area (TPSA) is 15.6 Å². The minimum absolute atomic E-state index is 0.204. The van der Waals surface area contributed by atoms with Crippen molar-refractivity contribution in [3.8, 4) is 0 Å². The van der Waals surface area contributed by atoms with Crippen LogP contribution >= 0.6 is 0 Å². The molecule has 2 aromatic rings. The summed E-state index contributed by atoms with van der Waals surface area (Å²) in [5, 5.41) is 5.16. The highest BCUT2D eigenvalue weighted by molar-refractivity contribution is 5.93. The van der Waals surface area contributed by atoms with E-state index < -0.39 is 29.6 Å². The van der Waals surface area contributed by atoms with Crippen molar-refractivity contribution in [2.45, 2.75) is 37.9 Å². The van der Waals surface area contributed by atoms with Gasteiger partial charge >= 0.3 is 6.18 Å². The first-order chi connectivity index (χ1) is 12.3. The monoisotopic (exact) mass is 368 g/mol. The molecule has 2 aromatic carbocycles. The molecule has 0 saturated heterocycles. The first kappa shape index (κ1) is 18.4. The number of hydrazone groups is 1. The van der Waals surface area contributed by atoms with Gasteiger partial charge in [-0.25, -0.2) is 8.78 Å². The van der Waals surface area contributed by atoms with E-state index in [0.29, 0.717) is 30.5 Å². The molecule has 0 saturated carbocycles. The summed E-state index contributed by atoms with van der Waals surface area (Å²) in [5.74, 6) is -1.29. The number of para-hydroxylation sites is 1.